The van der Waals surface area contributed by atoms with Crippen LogP contribution in [0.5, 0.6) is 5.75 Å². The molecule has 1 heterocycles. The number of para-hydroxylation sites is 1. The molecule has 1 atom stereocenters. The third kappa shape index (κ3) is 5.24. The molecule has 1 aromatic heterocycles. The van der Waals surface area contributed by atoms with Crippen LogP contribution in [0.1, 0.15) is 12.7 Å². The van der Waals surface area contributed by atoms with Crippen molar-refractivity contribution >= 4 is 35.0 Å². The predicted octanol–water partition coefficient (Wildman–Crippen LogP) is 4.17. The highest BCUT2D eigenvalue weighted by molar-refractivity contribution is 8.00. The van der Waals surface area contributed by atoms with Gasteiger partial charge in [0.05, 0.1) is 5.25 Å². The van der Waals surface area contributed by atoms with Gasteiger partial charge >= 0.3 is 0 Å². The molecule has 0 saturated heterocycles. The summed E-state index contributed by atoms with van der Waals surface area (Å²) in [7, 11) is 1.85. The maximum atomic E-state index is 12.3. The lowest BCUT2D eigenvalue weighted by Gasteiger charge is -2.11. The Morgan fingerprint density at radius 2 is 1.89 bits per heavy atom. The Hall–Kier alpha value is -2.51. The van der Waals surface area contributed by atoms with E-state index in [2.05, 4.69) is 15.5 Å². The number of thioether (sulfide) groups is 1. The Kier molecular flexibility index (Phi) is 6.36. The van der Waals surface area contributed by atoms with Crippen molar-refractivity contribution < 1.29 is 9.53 Å². The molecule has 27 heavy (non-hydrogen) atoms. The van der Waals surface area contributed by atoms with Gasteiger partial charge < -0.3 is 14.6 Å². The van der Waals surface area contributed by atoms with Crippen LogP contribution >= 0.6 is 23.4 Å². The van der Waals surface area contributed by atoms with Crippen molar-refractivity contribution in [2.45, 2.75) is 23.9 Å². The molecule has 0 radical (unpaired) electrons. The minimum atomic E-state index is -0.321. The zero-order valence-corrected chi connectivity index (χ0v) is 16.5. The van der Waals surface area contributed by atoms with E-state index in [0.29, 0.717) is 21.8 Å². The van der Waals surface area contributed by atoms with Crippen molar-refractivity contribution in [2.75, 3.05) is 5.32 Å². The molecule has 1 unspecified atom stereocenters. The molecule has 0 fully saturated rings. The Bertz CT molecular complexity index is 900. The summed E-state index contributed by atoms with van der Waals surface area (Å²) in [6, 6.07) is 16.5. The van der Waals surface area contributed by atoms with Crippen molar-refractivity contribution in [1.29, 1.82) is 0 Å². The van der Waals surface area contributed by atoms with Gasteiger partial charge in [-0.1, -0.05) is 41.6 Å². The van der Waals surface area contributed by atoms with Crippen molar-refractivity contribution in [3.05, 3.63) is 65.4 Å². The van der Waals surface area contributed by atoms with Gasteiger partial charge in [0, 0.05) is 17.8 Å². The maximum absolute atomic E-state index is 12.3. The topological polar surface area (TPSA) is 69.0 Å². The summed E-state index contributed by atoms with van der Waals surface area (Å²) in [4.78, 5) is 12.3. The number of benzene rings is 2. The van der Waals surface area contributed by atoms with Crippen LogP contribution < -0.4 is 10.1 Å². The SMILES string of the molecule is CC(Sc1nnc(COc2ccc(Cl)cc2)n1C)C(=O)Nc1ccccc1. The van der Waals surface area contributed by atoms with E-state index >= 15 is 0 Å². The number of nitrogens with zero attached hydrogens (tertiary/aromatic N) is 3. The molecule has 1 N–H and O–H groups in total. The van der Waals surface area contributed by atoms with E-state index in [0.717, 1.165) is 5.69 Å². The highest BCUT2D eigenvalue weighted by atomic mass is 35.5. The quantitative estimate of drug-likeness (QED) is 0.601. The lowest BCUT2D eigenvalue weighted by Crippen LogP contribution is -2.22. The number of halogens is 1. The van der Waals surface area contributed by atoms with Crippen LogP contribution in [-0.4, -0.2) is 25.9 Å². The average Bonchev–Trinajstić information content (AvgIpc) is 3.02. The standard InChI is InChI=1S/C19H19ClN4O2S/c1-13(18(25)21-15-6-4-3-5-7-15)27-19-23-22-17(24(19)2)12-26-16-10-8-14(20)9-11-16/h3-11,13H,12H2,1-2H3,(H,21,25). The van der Waals surface area contributed by atoms with E-state index in [1.165, 1.54) is 11.8 Å². The lowest BCUT2D eigenvalue weighted by molar-refractivity contribution is -0.115. The van der Waals surface area contributed by atoms with Crippen molar-refractivity contribution in [3.8, 4) is 5.75 Å². The molecular weight excluding hydrogens is 384 g/mol. The third-order valence-electron chi connectivity index (χ3n) is 3.80. The Balaban J connectivity index is 1.57. The molecule has 3 rings (SSSR count). The number of nitrogens with one attached hydrogen (secondary N) is 1. The summed E-state index contributed by atoms with van der Waals surface area (Å²) < 4.78 is 7.53. The predicted molar refractivity (Wildman–Crippen MR) is 107 cm³/mol. The first-order valence-electron chi connectivity index (χ1n) is 8.32. The summed E-state index contributed by atoms with van der Waals surface area (Å²) in [6.45, 7) is 2.11. The van der Waals surface area contributed by atoms with Crippen molar-refractivity contribution in [3.63, 3.8) is 0 Å². The number of carbonyl (C=O) groups is 1. The summed E-state index contributed by atoms with van der Waals surface area (Å²) >= 11 is 7.21. The van der Waals surface area contributed by atoms with Gasteiger partial charge in [-0.25, -0.2) is 0 Å². The molecule has 0 aliphatic heterocycles. The van der Waals surface area contributed by atoms with Crippen LogP contribution in [-0.2, 0) is 18.4 Å². The number of rotatable bonds is 7. The fourth-order valence-corrected chi connectivity index (χ4v) is 3.19. The normalized spacial score (nSPS) is 11.8. The second kappa shape index (κ2) is 8.92. The monoisotopic (exact) mass is 402 g/mol. The third-order valence-corrected chi connectivity index (χ3v) is 5.19. The highest BCUT2D eigenvalue weighted by Gasteiger charge is 2.19. The molecule has 0 spiro atoms. The first-order chi connectivity index (χ1) is 13.0. The largest absolute Gasteiger partial charge is 0.486 e. The highest BCUT2D eigenvalue weighted by Crippen LogP contribution is 2.23. The van der Waals surface area contributed by atoms with Crippen LogP contribution in [0.4, 0.5) is 5.69 Å². The van der Waals surface area contributed by atoms with Gasteiger partial charge in [-0.2, -0.15) is 0 Å². The summed E-state index contributed by atoms with van der Waals surface area (Å²) in [6.07, 6.45) is 0. The van der Waals surface area contributed by atoms with Gasteiger partial charge in [0.1, 0.15) is 12.4 Å². The smallest absolute Gasteiger partial charge is 0.237 e. The number of anilines is 1. The number of hydrogen-bond donors (Lipinski definition) is 1. The zero-order valence-electron chi connectivity index (χ0n) is 14.9. The first-order valence-corrected chi connectivity index (χ1v) is 9.58. The first kappa shape index (κ1) is 19.3. The van der Waals surface area contributed by atoms with E-state index in [1.54, 1.807) is 24.3 Å². The Morgan fingerprint density at radius 3 is 2.59 bits per heavy atom. The minimum Gasteiger partial charge on any atom is -0.486 e. The van der Waals surface area contributed by atoms with E-state index in [9.17, 15) is 4.79 Å². The zero-order chi connectivity index (χ0) is 19.2. The van der Waals surface area contributed by atoms with Crippen LogP contribution in [0.2, 0.25) is 5.02 Å². The molecule has 0 saturated carbocycles. The molecule has 6 nitrogen and oxygen atoms in total. The van der Waals surface area contributed by atoms with Crippen LogP contribution in [0.15, 0.2) is 59.8 Å². The molecule has 0 aliphatic carbocycles. The van der Waals surface area contributed by atoms with E-state index in [-0.39, 0.29) is 17.8 Å². The number of amides is 1. The summed E-state index contributed by atoms with van der Waals surface area (Å²) in [5.41, 5.74) is 0.768. The minimum absolute atomic E-state index is 0.0897. The fourth-order valence-electron chi connectivity index (χ4n) is 2.23. The number of ether oxygens (including phenoxy) is 1. The second-order valence-corrected chi connectivity index (χ2v) is 7.56. The maximum Gasteiger partial charge on any atom is 0.237 e. The van der Waals surface area contributed by atoms with Crippen LogP contribution in [0.25, 0.3) is 0 Å². The van der Waals surface area contributed by atoms with Crippen LogP contribution in [0.3, 0.4) is 0 Å². The Morgan fingerprint density at radius 1 is 1.19 bits per heavy atom. The molecule has 2 aromatic carbocycles. The number of aromatic nitrogens is 3. The van der Waals surface area contributed by atoms with Gasteiger partial charge in [-0.15, -0.1) is 10.2 Å². The van der Waals surface area contributed by atoms with Gasteiger partial charge in [-0.05, 0) is 43.3 Å². The number of carbonyl (C=O) groups excluding carboxylic acids is 1. The van der Waals surface area contributed by atoms with Gasteiger partial charge in [-0.3, -0.25) is 4.79 Å². The van der Waals surface area contributed by atoms with Crippen LogP contribution in [0, 0.1) is 0 Å². The Labute approximate surface area is 166 Å². The molecule has 0 aliphatic rings. The summed E-state index contributed by atoms with van der Waals surface area (Å²) in [5.74, 6) is 1.28. The fraction of sp³-hybridized carbons (Fsp3) is 0.211. The second-order valence-electron chi connectivity index (χ2n) is 5.82. The van der Waals surface area contributed by atoms with Crippen molar-refractivity contribution in [1.82, 2.24) is 14.8 Å². The van der Waals surface area contributed by atoms with E-state index in [1.807, 2.05) is 48.9 Å². The average molecular weight is 403 g/mol. The molecule has 3 aromatic rings. The van der Waals surface area contributed by atoms with Gasteiger partial charge in [0.25, 0.3) is 0 Å². The summed E-state index contributed by atoms with van der Waals surface area (Å²) in [5, 5.41) is 12.2. The molecule has 140 valence electrons. The molecule has 0 bridgehead atoms. The molecule has 1 amide bonds. The van der Waals surface area contributed by atoms with E-state index < -0.39 is 0 Å². The van der Waals surface area contributed by atoms with E-state index in [4.69, 9.17) is 16.3 Å². The van der Waals surface area contributed by atoms with Crippen molar-refractivity contribution in [2.24, 2.45) is 7.05 Å². The lowest BCUT2D eigenvalue weighted by atomic mass is 10.3. The van der Waals surface area contributed by atoms with Gasteiger partial charge in [0.15, 0.2) is 11.0 Å². The molecular formula is C19H19ClN4O2S. The van der Waals surface area contributed by atoms with Gasteiger partial charge in [0.2, 0.25) is 5.91 Å². The molecule has 8 heteroatoms. The number of hydrogen-bond acceptors (Lipinski definition) is 5.